The zero-order valence-corrected chi connectivity index (χ0v) is 13.0. The third-order valence-electron chi connectivity index (χ3n) is 4.96. The van der Waals surface area contributed by atoms with Gasteiger partial charge in [-0.2, -0.15) is 0 Å². The number of fused-ring (bicyclic) bond motifs is 3. The van der Waals surface area contributed by atoms with E-state index in [0.717, 1.165) is 32.5 Å². The van der Waals surface area contributed by atoms with Crippen LogP contribution in [0.4, 0.5) is 0 Å². The monoisotopic (exact) mass is 301 g/mol. The first kappa shape index (κ1) is 15.3. The van der Waals surface area contributed by atoms with Crippen molar-refractivity contribution in [3.8, 4) is 0 Å². The van der Waals surface area contributed by atoms with Gasteiger partial charge in [0.15, 0.2) is 0 Å². The van der Waals surface area contributed by atoms with Gasteiger partial charge in [0.05, 0.1) is 0 Å². The Hall–Kier alpha value is -1.65. The first-order valence-corrected chi connectivity index (χ1v) is 7.89. The van der Waals surface area contributed by atoms with Crippen LogP contribution in [0.1, 0.15) is 25.3 Å². The summed E-state index contributed by atoms with van der Waals surface area (Å²) in [5.74, 6) is -0.191. The van der Waals surface area contributed by atoms with E-state index < -0.39 is 11.6 Å². The average molecular weight is 301 g/mol. The molecule has 0 saturated carbocycles. The standard InChI is InChI=1S/C18H23NO3/c1-13(2)18(21,15-6-4-3-5-7-15)17(20)22-16-12-19-10-8-14(16)9-11-19/h3-7,14,16,21H,1,8-12H2,2H3. The fourth-order valence-electron chi connectivity index (χ4n) is 3.48. The van der Waals surface area contributed by atoms with Gasteiger partial charge < -0.3 is 9.84 Å². The van der Waals surface area contributed by atoms with Gasteiger partial charge in [-0.15, -0.1) is 0 Å². The summed E-state index contributed by atoms with van der Waals surface area (Å²) in [4.78, 5) is 15.0. The van der Waals surface area contributed by atoms with E-state index in [1.807, 2.05) is 6.07 Å². The van der Waals surface area contributed by atoms with Gasteiger partial charge in [0.2, 0.25) is 5.60 Å². The van der Waals surface area contributed by atoms with Crippen molar-refractivity contribution in [3.05, 3.63) is 48.0 Å². The maximum Gasteiger partial charge on any atom is 0.347 e. The van der Waals surface area contributed by atoms with E-state index in [9.17, 15) is 9.90 Å². The third-order valence-corrected chi connectivity index (χ3v) is 4.96. The molecule has 3 aliphatic heterocycles. The molecule has 0 amide bonds. The van der Waals surface area contributed by atoms with Gasteiger partial charge in [0, 0.05) is 6.54 Å². The minimum atomic E-state index is -1.77. The van der Waals surface area contributed by atoms with Crippen molar-refractivity contribution in [2.24, 2.45) is 5.92 Å². The van der Waals surface area contributed by atoms with E-state index in [4.69, 9.17) is 4.74 Å². The van der Waals surface area contributed by atoms with Crippen LogP contribution < -0.4 is 0 Å². The molecule has 0 aromatic heterocycles. The lowest BCUT2D eigenvalue weighted by atomic mass is 9.84. The highest BCUT2D eigenvalue weighted by atomic mass is 16.6. The van der Waals surface area contributed by atoms with E-state index in [0.29, 0.717) is 17.1 Å². The molecule has 22 heavy (non-hydrogen) atoms. The number of nitrogens with zero attached hydrogens (tertiary/aromatic N) is 1. The van der Waals surface area contributed by atoms with E-state index >= 15 is 0 Å². The van der Waals surface area contributed by atoms with Crippen LogP contribution >= 0.6 is 0 Å². The van der Waals surface area contributed by atoms with Crippen molar-refractivity contribution in [3.63, 3.8) is 0 Å². The van der Waals surface area contributed by atoms with Crippen LogP contribution in [0.5, 0.6) is 0 Å². The molecule has 0 aliphatic carbocycles. The van der Waals surface area contributed by atoms with Gasteiger partial charge in [-0.25, -0.2) is 4.79 Å². The largest absolute Gasteiger partial charge is 0.458 e. The predicted molar refractivity (Wildman–Crippen MR) is 84.2 cm³/mol. The van der Waals surface area contributed by atoms with Crippen molar-refractivity contribution in [2.45, 2.75) is 31.5 Å². The SMILES string of the molecule is C=C(C)C(O)(C(=O)OC1CN2CCC1CC2)c1ccccc1. The third kappa shape index (κ3) is 2.57. The molecule has 4 nitrogen and oxygen atoms in total. The molecule has 2 atom stereocenters. The molecule has 3 fully saturated rings. The number of carbonyl (C=O) groups excluding carboxylic acids is 1. The molecule has 3 heterocycles. The summed E-state index contributed by atoms with van der Waals surface area (Å²) in [6.07, 6.45) is 2.01. The van der Waals surface area contributed by atoms with Crippen molar-refractivity contribution in [1.29, 1.82) is 0 Å². The van der Waals surface area contributed by atoms with E-state index in [1.165, 1.54) is 0 Å². The second kappa shape index (κ2) is 5.86. The Morgan fingerprint density at radius 3 is 2.45 bits per heavy atom. The van der Waals surface area contributed by atoms with Crippen molar-refractivity contribution >= 4 is 5.97 Å². The van der Waals surface area contributed by atoms with Gasteiger partial charge in [-0.1, -0.05) is 36.9 Å². The molecule has 118 valence electrons. The Morgan fingerprint density at radius 2 is 1.95 bits per heavy atom. The highest BCUT2D eigenvalue weighted by Gasteiger charge is 2.44. The number of piperidine rings is 3. The molecular formula is C18H23NO3. The zero-order chi connectivity index (χ0) is 15.7. The fourth-order valence-corrected chi connectivity index (χ4v) is 3.48. The lowest BCUT2D eigenvalue weighted by molar-refractivity contribution is -0.177. The highest BCUT2D eigenvalue weighted by Crippen LogP contribution is 2.34. The van der Waals surface area contributed by atoms with Crippen LogP contribution in [0.15, 0.2) is 42.5 Å². The number of benzene rings is 1. The Morgan fingerprint density at radius 1 is 1.32 bits per heavy atom. The quantitative estimate of drug-likeness (QED) is 0.683. The lowest BCUT2D eigenvalue weighted by Gasteiger charge is -2.44. The van der Waals surface area contributed by atoms with Gasteiger partial charge >= 0.3 is 5.97 Å². The van der Waals surface area contributed by atoms with E-state index in [2.05, 4.69) is 11.5 Å². The van der Waals surface area contributed by atoms with Crippen molar-refractivity contribution < 1.29 is 14.6 Å². The van der Waals surface area contributed by atoms with Gasteiger partial charge in [0.25, 0.3) is 0 Å². The molecule has 1 aromatic carbocycles. The molecule has 2 unspecified atom stereocenters. The highest BCUT2D eigenvalue weighted by molar-refractivity contribution is 5.85. The lowest BCUT2D eigenvalue weighted by Crippen LogP contribution is -2.53. The molecule has 1 aromatic rings. The normalized spacial score (nSPS) is 29.6. The minimum Gasteiger partial charge on any atom is -0.458 e. The Bertz CT molecular complexity index is 563. The second-order valence-corrected chi connectivity index (χ2v) is 6.44. The number of esters is 1. The zero-order valence-electron chi connectivity index (χ0n) is 13.0. The molecular weight excluding hydrogens is 278 g/mol. The maximum atomic E-state index is 12.7. The van der Waals surface area contributed by atoms with Gasteiger partial charge in [0.1, 0.15) is 6.10 Å². The van der Waals surface area contributed by atoms with E-state index in [-0.39, 0.29) is 6.10 Å². The second-order valence-electron chi connectivity index (χ2n) is 6.44. The number of hydrogen-bond donors (Lipinski definition) is 1. The summed E-state index contributed by atoms with van der Waals surface area (Å²) >= 11 is 0. The average Bonchev–Trinajstić information content (AvgIpc) is 2.55. The summed E-state index contributed by atoms with van der Waals surface area (Å²) in [6.45, 7) is 8.41. The summed E-state index contributed by atoms with van der Waals surface area (Å²) in [5.41, 5.74) is -0.883. The number of hydrogen-bond acceptors (Lipinski definition) is 4. The fraction of sp³-hybridized carbons (Fsp3) is 0.500. The summed E-state index contributed by atoms with van der Waals surface area (Å²) in [5, 5.41) is 10.9. The predicted octanol–water partition coefficient (Wildman–Crippen LogP) is 2.09. The van der Waals surface area contributed by atoms with E-state index in [1.54, 1.807) is 31.2 Å². The Labute approximate surface area is 131 Å². The van der Waals surface area contributed by atoms with Crippen LogP contribution in [-0.2, 0) is 15.1 Å². The number of ether oxygens (including phenoxy) is 1. The first-order chi connectivity index (χ1) is 10.5. The van der Waals surface area contributed by atoms with Crippen LogP contribution in [-0.4, -0.2) is 41.7 Å². The van der Waals surface area contributed by atoms with Crippen molar-refractivity contribution in [1.82, 2.24) is 4.90 Å². The smallest absolute Gasteiger partial charge is 0.347 e. The van der Waals surface area contributed by atoms with Crippen LogP contribution in [0.2, 0.25) is 0 Å². The molecule has 2 bridgehead atoms. The van der Waals surface area contributed by atoms with Gasteiger partial charge in [-0.3, -0.25) is 4.90 Å². The first-order valence-electron chi connectivity index (χ1n) is 7.89. The Kier molecular flexibility index (Phi) is 4.06. The van der Waals surface area contributed by atoms with Gasteiger partial charge in [-0.05, 0) is 49.9 Å². The number of carbonyl (C=O) groups is 1. The summed E-state index contributed by atoms with van der Waals surface area (Å²) in [6, 6.07) is 8.90. The number of rotatable bonds is 4. The molecule has 3 saturated heterocycles. The molecule has 4 rings (SSSR count). The van der Waals surface area contributed by atoms with Crippen LogP contribution in [0.3, 0.4) is 0 Å². The van der Waals surface area contributed by atoms with Crippen LogP contribution in [0, 0.1) is 5.92 Å². The summed E-state index contributed by atoms with van der Waals surface area (Å²) in [7, 11) is 0. The van der Waals surface area contributed by atoms with Crippen molar-refractivity contribution in [2.75, 3.05) is 19.6 Å². The molecule has 0 spiro atoms. The molecule has 1 N–H and O–H groups in total. The molecule has 4 heteroatoms. The number of aliphatic hydroxyl groups is 1. The maximum absolute atomic E-state index is 12.7. The summed E-state index contributed by atoms with van der Waals surface area (Å²) < 4.78 is 5.71. The topological polar surface area (TPSA) is 49.8 Å². The molecule has 3 aliphatic rings. The van der Waals surface area contributed by atoms with Crippen LogP contribution in [0.25, 0.3) is 0 Å². The minimum absolute atomic E-state index is 0.121. The molecule has 0 radical (unpaired) electrons. The Balaban J connectivity index is 1.80.